The highest BCUT2D eigenvalue weighted by Gasteiger charge is 2.28. The van der Waals surface area contributed by atoms with Gasteiger partial charge in [0.1, 0.15) is 0 Å². The van der Waals surface area contributed by atoms with Gasteiger partial charge in [-0.3, -0.25) is 4.90 Å². The second-order valence-electron chi connectivity index (χ2n) is 6.05. The van der Waals surface area contributed by atoms with Gasteiger partial charge in [0.15, 0.2) is 0 Å². The van der Waals surface area contributed by atoms with Crippen molar-refractivity contribution in [3.05, 3.63) is 34.9 Å². The first-order valence-electron chi connectivity index (χ1n) is 7.67. The third-order valence-corrected chi connectivity index (χ3v) is 4.15. The molecule has 1 saturated carbocycles. The molecule has 1 atom stereocenters. The molecule has 1 aliphatic carbocycles. The minimum Gasteiger partial charge on any atom is -0.329 e. The summed E-state index contributed by atoms with van der Waals surface area (Å²) in [5, 5.41) is 0. The van der Waals surface area contributed by atoms with Gasteiger partial charge in [-0.25, -0.2) is 0 Å². The van der Waals surface area contributed by atoms with Gasteiger partial charge < -0.3 is 5.73 Å². The van der Waals surface area contributed by atoms with Gasteiger partial charge in [-0.1, -0.05) is 30.7 Å². The fourth-order valence-electron chi connectivity index (χ4n) is 2.97. The lowest BCUT2D eigenvalue weighted by atomic mass is 9.97. The van der Waals surface area contributed by atoms with E-state index in [1.165, 1.54) is 42.5 Å². The molecule has 0 bridgehead atoms. The maximum atomic E-state index is 6.10. The maximum Gasteiger partial charge on any atom is 0.0473 e. The molecule has 2 rings (SSSR count). The van der Waals surface area contributed by atoms with Crippen LogP contribution in [0, 0.1) is 19.8 Å². The molecule has 0 aromatic heterocycles. The molecule has 19 heavy (non-hydrogen) atoms. The number of nitrogens with two attached hydrogens (primary N) is 1. The molecule has 2 N–H and O–H groups in total. The lowest BCUT2D eigenvalue weighted by molar-refractivity contribution is 0.193. The molecule has 0 radical (unpaired) electrons. The van der Waals surface area contributed by atoms with Gasteiger partial charge in [-0.2, -0.15) is 0 Å². The number of nitrogens with zero attached hydrogens (tertiary/aromatic N) is 1. The van der Waals surface area contributed by atoms with E-state index in [9.17, 15) is 0 Å². The molecule has 1 aliphatic rings. The van der Waals surface area contributed by atoms with Gasteiger partial charge >= 0.3 is 0 Å². The van der Waals surface area contributed by atoms with Crippen LogP contribution in [0.1, 0.15) is 48.9 Å². The molecule has 2 heteroatoms. The molecule has 106 valence electrons. The van der Waals surface area contributed by atoms with Crippen LogP contribution in [0.2, 0.25) is 0 Å². The van der Waals surface area contributed by atoms with Gasteiger partial charge in [0.25, 0.3) is 0 Å². The van der Waals surface area contributed by atoms with E-state index in [2.05, 4.69) is 43.9 Å². The van der Waals surface area contributed by atoms with Crippen molar-refractivity contribution in [3.63, 3.8) is 0 Å². The summed E-state index contributed by atoms with van der Waals surface area (Å²) in [6.07, 6.45) is 4.02. The molecule has 1 unspecified atom stereocenters. The van der Waals surface area contributed by atoms with Crippen molar-refractivity contribution in [1.82, 2.24) is 4.90 Å². The summed E-state index contributed by atoms with van der Waals surface area (Å²) < 4.78 is 0. The zero-order valence-corrected chi connectivity index (χ0v) is 12.7. The van der Waals surface area contributed by atoms with Gasteiger partial charge in [0, 0.05) is 19.1 Å². The van der Waals surface area contributed by atoms with E-state index >= 15 is 0 Å². The molecule has 0 spiro atoms. The Morgan fingerprint density at radius 2 is 2.05 bits per heavy atom. The Labute approximate surface area is 118 Å². The van der Waals surface area contributed by atoms with Gasteiger partial charge in [0.05, 0.1) is 0 Å². The molecular formula is C17H28N2. The van der Waals surface area contributed by atoms with E-state index in [1.807, 2.05) is 0 Å². The summed E-state index contributed by atoms with van der Waals surface area (Å²) in [7, 11) is 0. The summed E-state index contributed by atoms with van der Waals surface area (Å²) in [4.78, 5) is 2.61. The van der Waals surface area contributed by atoms with Crippen molar-refractivity contribution in [1.29, 1.82) is 0 Å². The normalized spacial score (nSPS) is 16.9. The average molecular weight is 260 g/mol. The SMILES string of the molecule is CCCN(CC1CC1)C(CN)c1ccc(C)cc1C. The molecule has 1 aromatic carbocycles. The summed E-state index contributed by atoms with van der Waals surface area (Å²) in [5.41, 5.74) is 10.2. The van der Waals surface area contributed by atoms with Crippen LogP contribution in [-0.2, 0) is 0 Å². The molecule has 0 amide bonds. The van der Waals surface area contributed by atoms with Crippen molar-refractivity contribution in [2.75, 3.05) is 19.6 Å². The molecule has 1 aromatic rings. The number of rotatable bonds is 7. The smallest absolute Gasteiger partial charge is 0.0473 e. The van der Waals surface area contributed by atoms with Gasteiger partial charge in [0.2, 0.25) is 0 Å². The quantitative estimate of drug-likeness (QED) is 0.814. The van der Waals surface area contributed by atoms with Crippen LogP contribution in [0.15, 0.2) is 18.2 Å². The highest BCUT2D eigenvalue weighted by Crippen LogP contribution is 2.33. The van der Waals surface area contributed by atoms with Gasteiger partial charge in [-0.05, 0) is 56.7 Å². The Morgan fingerprint density at radius 1 is 1.32 bits per heavy atom. The molecule has 0 saturated heterocycles. The molecule has 0 heterocycles. The predicted octanol–water partition coefficient (Wildman–Crippen LogP) is 3.43. The highest BCUT2D eigenvalue weighted by atomic mass is 15.2. The number of hydrogen-bond donors (Lipinski definition) is 1. The van der Waals surface area contributed by atoms with E-state index < -0.39 is 0 Å². The summed E-state index contributed by atoms with van der Waals surface area (Å²) in [6.45, 7) is 9.73. The van der Waals surface area contributed by atoms with Crippen molar-refractivity contribution < 1.29 is 0 Å². The Kier molecular flexibility index (Phi) is 5.00. The first kappa shape index (κ1) is 14.5. The standard InChI is InChI=1S/C17H28N2/c1-4-9-19(12-15-6-7-15)17(11-18)16-8-5-13(2)10-14(16)3/h5,8,10,15,17H,4,6-7,9,11-12,18H2,1-3H3. The largest absolute Gasteiger partial charge is 0.329 e. The Morgan fingerprint density at radius 3 is 2.58 bits per heavy atom. The third-order valence-electron chi connectivity index (χ3n) is 4.15. The summed E-state index contributed by atoms with van der Waals surface area (Å²) in [5.74, 6) is 0.923. The van der Waals surface area contributed by atoms with Crippen LogP contribution >= 0.6 is 0 Å². The van der Waals surface area contributed by atoms with Crippen molar-refractivity contribution in [2.45, 2.75) is 46.1 Å². The maximum absolute atomic E-state index is 6.10. The fraction of sp³-hybridized carbons (Fsp3) is 0.647. The van der Waals surface area contributed by atoms with Crippen molar-refractivity contribution in [3.8, 4) is 0 Å². The Hall–Kier alpha value is -0.860. The van der Waals surface area contributed by atoms with E-state index in [4.69, 9.17) is 5.73 Å². The average Bonchev–Trinajstić information content (AvgIpc) is 3.17. The molecule has 2 nitrogen and oxygen atoms in total. The van der Waals surface area contributed by atoms with Crippen LogP contribution < -0.4 is 5.73 Å². The van der Waals surface area contributed by atoms with Crippen LogP contribution in [0.3, 0.4) is 0 Å². The number of hydrogen-bond acceptors (Lipinski definition) is 2. The first-order chi connectivity index (χ1) is 9.15. The monoisotopic (exact) mass is 260 g/mol. The molecule has 1 fully saturated rings. The minimum atomic E-state index is 0.390. The topological polar surface area (TPSA) is 29.3 Å². The summed E-state index contributed by atoms with van der Waals surface area (Å²) in [6, 6.07) is 7.16. The number of benzene rings is 1. The Balaban J connectivity index is 2.19. The lowest BCUT2D eigenvalue weighted by Crippen LogP contribution is -2.36. The van der Waals surface area contributed by atoms with Crippen LogP contribution in [-0.4, -0.2) is 24.5 Å². The Bertz CT molecular complexity index is 410. The van der Waals surface area contributed by atoms with E-state index in [1.54, 1.807) is 0 Å². The van der Waals surface area contributed by atoms with E-state index in [0.29, 0.717) is 6.04 Å². The minimum absolute atomic E-state index is 0.390. The zero-order chi connectivity index (χ0) is 13.8. The molecule has 0 aliphatic heterocycles. The second-order valence-corrected chi connectivity index (χ2v) is 6.05. The van der Waals surface area contributed by atoms with E-state index in [-0.39, 0.29) is 0 Å². The van der Waals surface area contributed by atoms with Crippen LogP contribution in [0.5, 0.6) is 0 Å². The highest BCUT2D eigenvalue weighted by molar-refractivity contribution is 5.33. The summed E-state index contributed by atoms with van der Waals surface area (Å²) >= 11 is 0. The van der Waals surface area contributed by atoms with Crippen LogP contribution in [0.4, 0.5) is 0 Å². The van der Waals surface area contributed by atoms with Crippen molar-refractivity contribution >= 4 is 0 Å². The molecular weight excluding hydrogens is 232 g/mol. The van der Waals surface area contributed by atoms with Gasteiger partial charge in [-0.15, -0.1) is 0 Å². The van der Waals surface area contributed by atoms with E-state index in [0.717, 1.165) is 19.0 Å². The first-order valence-corrected chi connectivity index (χ1v) is 7.67. The third kappa shape index (κ3) is 3.80. The second kappa shape index (κ2) is 6.53. The predicted molar refractivity (Wildman–Crippen MR) is 82.3 cm³/mol. The lowest BCUT2D eigenvalue weighted by Gasteiger charge is -2.32. The fourth-order valence-corrected chi connectivity index (χ4v) is 2.97. The van der Waals surface area contributed by atoms with Crippen LogP contribution in [0.25, 0.3) is 0 Å². The van der Waals surface area contributed by atoms with Crippen molar-refractivity contribution in [2.24, 2.45) is 11.7 Å². The zero-order valence-electron chi connectivity index (χ0n) is 12.7. The number of aryl methyl sites for hydroxylation is 2.